The van der Waals surface area contributed by atoms with Gasteiger partial charge in [-0.1, -0.05) is 31.4 Å². The van der Waals surface area contributed by atoms with Crippen LogP contribution in [-0.2, 0) is 6.54 Å². The van der Waals surface area contributed by atoms with E-state index >= 15 is 0 Å². The van der Waals surface area contributed by atoms with E-state index in [0.717, 1.165) is 12.5 Å². The molecule has 4 nitrogen and oxygen atoms in total. The Morgan fingerprint density at radius 2 is 2.33 bits per heavy atom. The molecular weight excluding hydrogens is 250 g/mol. The Hall–Kier alpha value is -1.03. The van der Waals surface area contributed by atoms with Crippen LogP contribution in [0.15, 0.2) is 11.0 Å². The molecule has 2 rings (SSSR count). The molecule has 2 unspecified atom stereocenters. The highest BCUT2D eigenvalue weighted by Crippen LogP contribution is 2.31. The first-order valence-electron chi connectivity index (χ1n) is 6.63. The molecule has 0 bridgehead atoms. The van der Waals surface area contributed by atoms with E-state index < -0.39 is 0 Å². The van der Waals surface area contributed by atoms with E-state index in [9.17, 15) is 4.79 Å². The van der Waals surface area contributed by atoms with Crippen molar-refractivity contribution in [1.82, 2.24) is 9.78 Å². The zero-order valence-corrected chi connectivity index (χ0v) is 11.7. The van der Waals surface area contributed by atoms with Crippen molar-refractivity contribution in [3.63, 3.8) is 0 Å². The van der Waals surface area contributed by atoms with Gasteiger partial charge in [0.1, 0.15) is 5.02 Å². The SMILES string of the molecule is CCn1ncc(NCC2CCCC2C)c(Cl)c1=O. The molecule has 1 N–H and O–H groups in total. The summed E-state index contributed by atoms with van der Waals surface area (Å²) in [6, 6.07) is 0. The van der Waals surface area contributed by atoms with Gasteiger partial charge in [0.05, 0.1) is 11.9 Å². The second-order valence-corrected chi connectivity index (χ2v) is 5.42. The van der Waals surface area contributed by atoms with Crippen molar-refractivity contribution in [3.8, 4) is 0 Å². The van der Waals surface area contributed by atoms with Crippen molar-refractivity contribution in [2.24, 2.45) is 11.8 Å². The summed E-state index contributed by atoms with van der Waals surface area (Å²) in [7, 11) is 0. The van der Waals surface area contributed by atoms with Gasteiger partial charge in [-0.05, 0) is 25.2 Å². The summed E-state index contributed by atoms with van der Waals surface area (Å²) in [4.78, 5) is 11.8. The van der Waals surface area contributed by atoms with Crippen LogP contribution in [0, 0.1) is 11.8 Å². The quantitative estimate of drug-likeness (QED) is 0.914. The van der Waals surface area contributed by atoms with E-state index in [1.54, 1.807) is 6.20 Å². The third-order valence-corrected chi connectivity index (χ3v) is 4.24. The molecule has 1 aromatic heterocycles. The van der Waals surface area contributed by atoms with Crippen LogP contribution in [0.2, 0.25) is 5.02 Å². The summed E-state index contributed by atoms with van der Waals surface area (Å²) in [5.74, 6) is 1.43. The Labute approximate surface area is 112 Å². The maximum atomic E-state index is 11.8. The number of aromatic nitrogens is 2. The van der Waals surface area contributed by atoms with Gasteiger partial charge in [-0.25, -0.2) is 4.68 Å². The van der Waals surface area contributed by atoms with E-state index in [4.69, 9.17) is 11.6 Å². The number of anilines is 1. The Morgan fingerprint density at radius 3 is 2.94 bits per heavy atom. The van der Waals surface area contributed by atoms with Crippen LogP contribution >= 0.6 is 11.6 Å². The molecule has 0 radical (unpaired) electrons. The summed E-state index contributed by atoms with van der Waals surface area (Å²) >= 11 is 6.06. The van der Waals surface area contributed by atoms with Gasteiger partial charge in [0.25, 0.3) is 5.56 Å². The molecule has 0 spiro atoms. The van der Waals surface area contributed by atoms with Gasteiger partial charge in [0.15, 0.2) is 0 Å². The molecule has 0 aromatic carbocycles. The molecule has 1 saturated carbocycles. The first-order chi connectivity index (χ1) is 8.63. The number of hydrogen-bond acceptors (Lipinski definition) is 3. The van der Waals surface area contributed by atoms with Gasteiger partial charge < -0.3 is 5.32 Å². The zero-order chi connectivity index (χ0) is 13.1. The standard InChI is InChI=1S/C13H20ClN3O/c1-3-17-13(18)12(14)11(8-16-17)15-7-10-6-4-5-9(10)2/h8-10,15H,3-7H2,1-2H3. The number of nitrogens with zero attached hydrogens (tertiary/aromatic N) is 2. The largest absolute Gasteiger partial charge is 0.382 e. The van der Waals surface area contributed by atoms with Crippen LogP contribution < -0.4 is 10.9 Å². The highest BCUT2D eigenvalue weighted by molar-refractivity contribution is 6.32. The molecule has 1 aliphatic rings. The first kappa shape index (κ1) is 13.4. The Kier molecular flexibility index (Phi) is 4.27. The third-order valence-electron chi connectivity index (χ3n) is 3.88. The molecular formula is C13H20ClN3O. The predicted octanol–water partition coefficient (Wildman–Crippen LogP) is 2.76. The molecule has 2 atom stereocenters. The molecule has 100 valence electrons. The second kappa shape index (κ2) is 5.74. The van der Waals surface area contributed by atoms with Crippen molar-refractivity contribution in [2.45, 2.75) is 39.7 Å². The lowest BCUT2D eigenvalue weighted by Crippen LogP contribution is -2.24. The monoisotopic (exact) mass is 269 g/mol. The van der Waals surface area contributed by atoms with Crippen LogP contribution in [0.5, 0.6) is 0 Å². The predicted molar refractivity (Wildman–Crippen MR) is 74.2 cm³/mol. The fourth-order valence-corrected chi connectivity index (χ4v) is 2.79. The van der Waals surface area contributed by atoms with Crippen LogP contribution in [-0.4, -0.2) is 16.3 Å². The van der Waals surface area contributed by atoms with Gasteiger partial charge in [-0.3, -0.25) is 4.79 Å². The molecule has 0 saturated heterocycles. The van der Waals surface area contributed by atoms with Crippen molar-refractivity contribution in [1.29, 1.82) is 0 Å². The number of aryl methyl sites for hydroxylation is 1. The average molecular weight is 270 g/mol. The summed E-state index contributed by atoms with van der Waals surface area (Å²) in [6.45, 7) is 5.57. The number of rotatable bonds is 4. The second-order valence-electron chi connectivity index (χ2n) is 5.04. The summed E-state index contributed by atoms with van der Waals surface area (Å²) in [5.41, 5.74) is 0.439. The fourth-order valence-electron chi connectivity index (χ4n) is 2.58. The van der Waals surface area contributed by atoms with Crippen molar-refractivity contribution in [3.05, 3.63) is 21.6 Å². The van der Waals surface area contributed by atoms with Crippen LogP contribution in [0.4, 0.5) is 5.69 Å². The van der Waals surface area contributed by atoms with Crippen LogP contribution in [0.1, 0.15) is 33.1 Å². The molecule has 0 aliphatic heterocycles. The normalized spacial score (nSPS) is 23.3. The molecule has 1 fully saturated rings. The van der Waals surface area contributed by atoms with E-state index in [-0.39, 0.29) is 10.6 Å². The van der Waals surface area contributed by atoms with Crippen LogP contribution in [0.3, 0.4) is 0 Å². The lowest BCUT2D eigenvalue weighted by molar-refractivity contribution is 0.439. The lowest BCUT2D eigenvalue weighted by Gasteiger charge is -2.17. The molecule has 1 aromatic rings. The number of nitrogens with one attached hydrogen (secondary N) is 1. The Balaban J connectivity index is 2.06. The first-order valence-corrected chi connectivity index (χ1v) is 7.00. The molecule has 1 aliphatic carbocycles. The van der Waals surface area contributed by atoms with Crippen molar-refractivity contribution >= 4 is 17.3 Å². The average Bonchev–Trinajstić information content (AvgIpc) is 2.77. The number of halogens is 1. The minimum atomic E-state index is -0.219. The van der Waals surface area contributed by atoms with Gasteiger partial charge in [-0.15, -0.1) is 0 Å². The molecule has 1 heterocycles. The maximum absolute atomic E-state index is 11.8. The summed E-state index contributed by atoms with van der Waals surface area (Å²) in [5, 5.41) is 7.60. The van der Waals surface area contributed by atoms with Crippen LogP contribution in [0.25, 0.3) is 0 Å². The maximum Gasteiger partial charge on any atom is 0.287 e. The minimum Gasteiger partial charge on any atom is -0.382 e. The molecule has 18 heavy (non-hydrogen) atoms. The van der Waals surface area contributed by atoms with Gasteiger partial charge >= 0.3 is 0 Å². The number of hydrogen-bond donors (Lipinski definition) is 1. The van der Waals surface area contributed by atoms with Gasteiger partial charge in [-0.2, -0.15) is 5.10 Å². The smallest absolute Gasteiger partial charge is 0.287 e. The molecule has 5 heteroatoms. The lowest BCUT2D eigenvalue weighted by atomic mass is 9.98. The topological polar surface area (TPSA) is 46.9 Å². The van der Waals surface area contributed by atoms with Crippen molar-refractivity contribution in [2.75, 3.05) is 11.9 Å². The Morgan fingerprint density at radius 1 is 1.56 bits per heavy atom. The summed E-state index contributed by atoms with van der Waals surface area (Å²) < 4.78 is 1.37. The molecule has 0 amide bonds. The van der Waals surface area contributed by atoms with Gasteiger partial charge in [0.2, 0.25) is 0 Å². The highest BCUT2D eigenvalue weighted by Gasteiger charge is 2.23. The summed E-state index contributed by atoms with van der Waals surface area (Å²) in [6.07, 6.45) is 5.50. The highest BCUT2D eigenvalue weighted by atomic mass is 35.5. The zero-order valence-electron chi connectivity index (χ0n) is 10.9. The van der Waals surface area contributed by atoms with E-state index in [2.05, 4.69) is 17.3 Å². The van der Waals surface area contributed by atoms with Gasteiger partial charge in [0, 0.05) is 13.1 Å². The Bertz CT molecular complexity index is 472. The van der Waals surface area contributed by atoms with E-state index in [1.165, 1.54) is 23.9 Å². The fraction of sp³-hybridized carbons (Fsp3) is 0.692. The minimum absolute atomic E-state index is 0.219. The van der Waals surface area contributed by atoms with E-state index in [1.807, 2.05) is 6.92 Å². The third kappa shape index (κ3) is 2.69. The van der Waals surface area contributed by atoms with Crippen molar-refractivity contribution < 1.29 is 0 Å². The van der Waals surface area contributed by atoms with E-state index in [0.29, 0.717) is 18.2 Å².